The average Bonchev–Trinajstić information content (AvgIpc) is 2.18. The molecule has 0 amide bonds. The van der Waals surface area contributed by atoms with Crippen molar-refractivity contribution in [1.82, 2.24) is 0 Å². The molecular weight excluding hydrogens is 168 g/mol. The first kappa shape index (κ1) is 8.04. The Morgan fingerprint density at radius 1 is 1.46 bits per heavy atom. The van der Waals surface area contributed by atoms with Crippen LogP contribution in [0.4, 0.5) is 11.4 Å². The van der Waals surface area contributed by atoms with Crippen molar-refractivity contribution in [1.29, 1.82) is 0 Å². The zero-order valence-electron chi connectivity index (χ0n) is 7.12. The molecule has 2 N–H and O–H groups in total. The van der Waals surface area contributed by atoms with E-state index >= 15 is 0 Å². The molecule has 0 aliphatic carbocycles. The summed E-state index contributed by atoms with van der Waals surface area (Å²) in [7, 11) is 0. The zero-order valence-corrected chi connectivity index (χ0v) is 7.12. The quantitative estimate of drug-likeness (QED) is 0.528. The summed E-state index contributed by atoms with van der Waals surface area (Å²) in [5.74, 6) is 0.745. The third-order valence-electron chi connectivity index (χ3n) is 2.19. The lowest BCUT2D eigenvalue weighted by molar-refractivity contribution is 0.289. The molecule has 1 aromatic carbocycles. The van der Waals surface area contributed by atoms with E-state index in [4.69, 9.17) is 10.5 Å². The minimum Gasteiger partial charge on any atom is -0.493 e. The molecule has 1 aliphatic rings. The van der Waals surface area contributed by atoms with Crippen molar-refractivity contribution in [2.24, 2.45) is 5.18 Å². The Bertz CT molecular complexity index is 350. The van der Waals surface area contributed by atoms with Gasteiger partial charge < -0.3 is 10.5 Å². The second-order valence-electron chi connectivity index (χ2n) is 3.02. The lowest BCUT2D eigenvalue weighted by Gasteiger charge is -2.18. The van der Waals surface area contributed by atoms with E-state index in [9.17, 15) is 4.91 Å². The van der Waals surface area contributed by atoms with Gasteiger partial charge >= 0.3 is 0 Å². The van der Waals surface area contributed by atoms with Gasteiger partial charge in [-0.1, -0.05) is 0 Å². The van der Waals surface area contributed by atoms with Crippen LogP contribution in [-0.2, 0) is 6.42 Å². The Morgan fingerprint density at radius 2 is 2.31 bits per heavy atom. The van der Waals surface area contributed by atoms with Gasteiger partial charge in [0.25, 0.3) is 0 Å². The van der Waals surface area contributed by atoms with Gasteiger partial charge in [-0.2, -0.15) is 0 Å². The van der Waals surface area contributed by atoms with E-state index in [1.807, 2.05) is 0 Å². The molecule has 0 spiro atoms. The molecule has 1 aromatic rings. The molecule has 0 atom stereocenters. The molecule has 0 fully saturated rings. The SMILES string of the molecule is Nc1ccc2c(c1N=O)CCCO2. The Kier molecular flexibility index (Phi) is 1.88. The number of nitroso groups, excluding NO2 is 1. The number of nitrogens with two attached hydrogens (primary N) is 1. The van der Waals surface area contributed by atoms with Crippen LogP contribution in [0.3, 0.4) is 0 Å². The zero-order chi connectivity index (χ0) is 9.26. The molecule has 13 heavy (non-hydrogen) atoms. The highest BCUT2D eigenvalue weighted by molar-refractivity contribution is 5.70. The maximum absolute atomic E-state index is 10.5. The number of ether oxygens (including phenoxy) is 1. The van der Waals surface area contributed by atoms with Gasteiger partial charge in [0.1, 0.15) is 11.4 Å². The smallest absolute Gasteiger partial charge is 0.137 e. The summed E-state index contributed by atoms with van der Waals surface area (Å²) in [5, 5.41) is 2.93. The predicted molar refractivity (Wildman–Crippen MR) is 50.1 cm³/mol. The van der Waals surface area contributed by atoms with Gasteiger partial charge in [0, 0.05) is 5.56 Å². The van der Waals surface area contributed by atoms with Crippen LogP contribution in [0.2, 0.25) is 0 Å². The van der Waals surface area contributed by atoms with Crippen molar-refractivity contribution in [2.45, 2.75) is 12.8 Å². The van der Waals surface area contributed by atoms with E-state index < -0.39 is 0 Å². The Balaban J connectivity index is 2.58. The van der Waals surface area contributed by atoms with Crippen LogP contribution in [0, 0.1) is 4.91 Å². The van der Waals surface area contributed by atoms with E-state index in [1.54, 1.807) is 12.1 Å². The summed E-state index contributed by atoms with van der Waals surface area (Å²) in [5.41, 5.74) is 7.23. The Hall–Kier alpha value is -1.58. The average molecular weight is 178 g/mol. The highest BCUT2D eigenvalue weighted by Crippen LogP contribution is 2.37. The Morgan fingerprint density at radius 3 is 3.08 bits per heavy atom. The fraction of sp³-hybridized carbons (Fsp3) is 0.333. The first-order valence-electron chi connectivity index (χ1n) is 4.20. The summed E-state index contributed by atoms with van der Waals surface area (Å²) in [4.78, 5) is 10.5. The van der Waals surface area contributed by atoms with Crippen molar-refractivity contribution in [2.75, 3.05) is 12.3 Å². The first-order valence-corrected chi connectivity index (χ1v) is 4.20. The summed E-state index contributed by atoms with van der Waals surface area (Å²) < 4.78 is 5.37. The number of anilines is 1. The first-order chi connectivity index (χ1) is 6.33. The van der Waals surface area contributed by atoms with E-state index in [-0.39, 0.29) is 0 Å². The molecule has 0 bridgehead atoms. The van der Waals surface area contributed by atoms with E-state index in [0.717, 1.165) is 24.2 Å². The largest absolute Gasteiger partial charge is 0.493 e. The molecule has 68 valence electrons. The lowest BCUT2D eigenvalue weighted by atomic mass is 10.0. The number of rotatable bonds is 1. The molecule has 0 saturated heterocycles. The van der Waals surface area contributed by atoms with Crippen molar-refractivity contribution >= 4 is 11.4 Å². The normalized spacial score (nSPS) is 14.5. The molecule has 2 rings (SSSR count). The second-order valence-corrected chi connectivity index (χ2v) is 3.02. The van der Waals surface area contributed by atoms with E-state index in [0.29, 0.717) is 18.0 Å². The van der Waals surface area contributed by atoms with Crippen LogP contribution in [-0.4, -0.2) is 6.61 Å². The number of fused-ring (bicyclic) bond motifs is 1. The van der Waals surface area contributed by atoms with Crippen molar-refractivity contribution in [3.63, 3.8) is 0 Å². The predicted octanol–water partition coefficient (Wildman–Crippen LogP) is 1.99. The van der Waals surface area contributed by atoms with Gasteiger partial charge in [-0.15, -0.1) is 4.91 Å². The van der Waals surface area contributed by atoms with Gasteiger partial charge in [-0.25, -0.2) is 0 Å². The highest BCUT2D eigenvalue weighted by atomic mass is 16.5. The van der Waals surface area contributed by atoms with E-state index in [1.165, 1.54) is 0 Å². The fourth-order valence-corrected chi connectivity index (χ4v) is 1.55. The minimum atomic E-state index is 0.345. The maximum atomic E-state index is 10.5. The summed E-state index contributed by atoms with van der Waals surface area (Å²) in [6, 6.07) is 3.44. The van der Waals surface area contributed by atoms with Crippen LogP contribution < -0.4 is 10.5 Å². The van der Waals surface area contributed by atoms with Gasteiger partial charge in [0.15, 0.2) is 0 Å². The van der Waals surface area contributed by atoms with Gasteiger partial charge in [0.2, 0.25) is 0 Å². The van der Waals surface area contributed by atoms with Crippen molar-refractivity contribution in [3.8, 4) is 5.75 Å². The third-order valence-corrected chi connectivity index (χ3v) is 2.19. The number of nitrogens with zero attached hydrogens (tertiary/aromatic N) is 1. The molecule has 0 saturated carbocycles. The number of hydrogen-bond donors (Lipinski definition) is 1. The third kappa shape index (κ3) is 1.24. The molecule has 0 radical (unpaired) electrons. The molecule has 4 nitrogen and oxygen atoms in total. The van der Waals surface area contributed by atoms with Crippen LogP contribution in [0.15, 0.2) is 17.3 Å². The van der Waals surface area contributed by atoms with Crippen LogP contribution in [0.1, 0.15) is 12.0 Å². The number of hydrogen-bond acceptors (Lipinski definition) is 4. The number of benzene rings is 1. The fourth-order valence-electron chi connectivity index (χ4n) is 1.55. The Labute approximate surface area is 75.7 Å². The van der Waals surface area contributed by atoms with Gasteiger partial charge in [-0.3, -0.25) is 0 Å². The lowest BCUT2D eigenvalue weighted by Crippen LogP contribution is -2.08. The van der Waals surface area contributed by atoms with Crippen LogP contribution in [0.5, 0.6) is 5.75 Å². The molecule has 4 heteroatoms. The summed E-state index contributed by atoms with van der Waals surface area (Å²) in [6.45, 7) is 0.704. The number of nitrogen functional groups attached to an aromatic ring is 1. The van der Waals surface area contributed by atoms with Crippen molar-refractivity contribution in [3.05, 3.63) is 22.6 Å². The molecule has 1 heterocycles. The molecule has 0 aromatic heterocycles. The van der Waals surface area contributed by atoms with Gasteiger partial charge in [0.05, 0.1) is 12.3 Å². The molecular formula is C9H10N2O2. The van der Waals surface area contributed by atoms with Gasteiger partial charge in [-0.05, 0) is 30.2 Å². The molecule has 1 aliphatic heterocycles. The monoisotopic (exact) mass is 178 g/mol. The van der Waals surface area contributed by atoms with Crippen LogP contribution >= 0.6 is 0 Å². The minimum absolute atomic E-state index is 0.345. The second kappa shape index (κ2) is 3.05. The van der Waals surface area contributed by atoms with Crippen LogP contribution in [0.25, 0.3) is 0 Å². The maximum Gasteiger partial charge on any atom is 0.137 e. The topological polar surface area (TPSA) is 64.7 Å². The standard InChI is InChI=1S/C9H10N2O2/c10-7-3-4-8-6(9(7)11-12)2-1-5-13-8/h3-4H,1-2,5,10H2. The van der Waals surface area contributed by atoms with Crippen molar-refractivity contribution < 1.29 is 4.74 Å². The summed E-state index contributed by atoms with van der Waals surface area (Å²) >= 11 is 0. The van der Waals surface area contributed by atoms with E-state index in [2.05, 4.69) is 5.18 Å². The summed E-state index contributed by atoms with van der Waals surface area (Å²) in [6.07, 6.45) is 1.74. The molecule has 0 unspecified atom stereocenters. The highest BCUT2D eigenvalue weighted by Gasteiger charge is 2.16.